The van der Waals surface area contributed by atoms with E-state index in [2.05, 4.69) is 31.8 Å². The SMILES string of the molecule is Cc1nc(NCC(=O)N2CCc3sccc3C2)c2cnn(-c3cccc(Cl)c3)c2n1. The predicted molar refractivity (Wildman–Crippen MR) is 118 cm³/mol. The molecule has 0 aliphatic carbocycles. The predicted octanol–water partition coefficient (Wildman–Crippen LogP) is 3.84. The number of hydrogen-bond donors (Lipinski definition) is 1. The van der Waals surface area contributed by atoms with Crippen LogP contribution >= 0.6 is 22.9 Å². The zero-order chi connectivity index (χ0) is 20.7. The Bertz CT molecular complexity index is 1250. The minimum atomic E-state index is 0.0542. The second kappa shape index (κ2) is 7.70. The van der Waals surface area contributed by atoms with E-state index in [1.54, 1.807) is 22.2 Å². The second-order valence-corrected chi connectivity index (χ2v) is 8.62. The molecule has 1 aliphatic heterocycles. The summed E-state index contributed by atoms with van der Waals surface area (Å²) in [5.41, 5.74) is 2.74. The summed E-state index contributed by atoms with van der Waals surface area (Å²) in [5, 5.41) is 11.1. The molecule has 0 saturated heterocycles. The lowest BCUT2D eigenvalue weighted by Gasteiger charge is -2.27. The molecule has 0 spiro atoms. The Kier molecular flexibility index (Phi) is 4.88. The topological polar surface area (TPSA) is 75.9 Å². The van der Waals surface area contributed by atoms with Gasteiger partial charge in [-0.05, 0) is 48.6 Å². The van der Waals surface area contributed by atoms with Crippen molar-refractivity contribution in [2.24, 2.45) is 0 Å². The van der Waals surface area contributed by atoms with E-state index >= 15 is 0 Å². The second-order valence-electron chi connectivity index (χ2n) is 7.18. The van der Waals surface area contributed by atoms with Crippen LogP contribution in [-0.2, 0) is 17.8 Å². The molecule has 0 fully saturated rings. The van der Waals surface area contributed by atoms with Gasteiger partial charge < -0.3 is 10.2 Å². The van der Waals surface area contributed by atoms with Crippen LogP contribution in [0, 0.1) is 6.92 Å². The van der Waals surface area contributed by atoms with Crippen molar-refractivity contribution in [3.63, 3.8) is 0 Å². The molecule has 0 bridgehead atoms. The minimum absolute atomic E-state index is 0.0542. The lowest BCUT2D eigenvalue weighted by atomic mass is 10.1. The third-order valence-corrected chi connectivity index (χ3v) is 6.42. The molecule has 5 rings (SSSR count). The Hall–Kier alpha value is -2.97. The highest BCUT2D eigenvalue weighted by Crippen LogP contribution is 2.25. The average molecular weight is 439 g/mol. The lowest BCUT2D eigenvalue weighted by Crippen LogP contribution is -2.38. The zero-order valence-corrected chi connectivity index (χ0v) is 17.9. The normalized spacial score (nSPS) is 13.5. The number of hydrogen-bond acceptors (Lipinski definition) is 6. The van der Waals surface area contributed by atoms with Crippen LogP contribution in [0.5, 0.6) is 0 Å². The van der Waals surface area contributed by atoms with Gasteiger partial charge in [-0.3, -0.25) is 4.79 Å². The van der Waals surface area contributed by atoms with Gasteiger partial charge in [-0.15, -0.1) is 11.3 Å². The highest BCUT2D eigenvalue weighted by Gasteiger charge is 2.22. The Morgan fingerprint density at radius 2 is 2.20 bits per heavy atom. The van der Waals surface area contributed by atoms with Gasteiger partial charge in [0.05, 0.1) is 23.8 Å². The van der Waals surface area contributed by atoms with Crippen molar-refractivity contribution in [2.45, 2.75) is 19.9 Å². The van der Waals surface area contributed by atoms with E-state index in [1.807, 2.05) is 36.1 Å². The number of nitrogens with zero attached hydrogens (tertiary/aromatic N) is 5. The summed E-state index contributed by atoms with van der Waals surface area (Å²) in [4.78, 5) is 25.1. The van der Waals surface area contributed by atoms with Gasteiger partial charge in [0.1, 0.15) is 11.6 Å². The molecule has 0 radical (unpaired) electrons. The third kappa shape index (κ3) is 3.53. The summed E-state index contributed by atoms with van der Waals surface area (Å²) >= 11 is 7.90. The first-order chi connectivity index (χ1) is 14.6. The summed E-state index contributed by atoms with van der Waals surface area (Å²) in [5.74, 6) is 1.26. The maximum absolute atomic E-state index is 12.8. The number of carbonyl (C=O) groups excluding carboxylic acids is 1. The highest BCUT2D eigenvalue weighted by atomic mass is 35.5. The van der Waals surface area contributed by atoms with Crippen LogP contribution in [0.3, 0.4) is 0 Å². The van der Waals surface area contributed by atoms with Crippen molar-refractivity contribution in [3.05, 3.63) is 63.2 Å². The summed E-state index contributed by atoms with van der Waals surface area (Å²) in [6.45, 7) is 3.42. The van der Waals surface area contributed by atoms with Crippen LogP contribution in [-0.4, -0.2) is 43.6 Å². The molecular formula is C21H19ClN6OS. The van der Waals surface area contributed by atoms with Crippen LogP contribution in [0.15, 0.2) is 41.9 Å². The molecule has 1 aliphatic rings. The number of rotatable bonds is 4. The Labute approximate surface area is 182 Å². The third-order valence-electron chi connectivity index (χ3n) is 5.16. The van der Waals surface area contributed by atoms with E-state index < -0.39 is 0 Å². The first-order valence-corrected chi connectivity index (χ1v) is 10.9. The number of amides is 1. The fraction of sp³-hybridized carbons (Fsp3) is 0.238. The van der Waals surface area contributed by atoms with Crippen molar-refractivity contribution in [2.75, 3.05) is 18.4 Å². The monoisotopic (exact) mass is 438 g/mol. The van der Waals surface area contributed by atoms with Crippen molar-refractivity contribution >= 4 is 45.7 Å². The minimum Gasteiger partial charge on any atom is -0.360 e. The van der Waals surface area contributed by atoms with E-state index in [4.69, 9.17) is 11.6 Å². The first kappa shape index (κ1) is 19.0. The van der Waals surface area contributed by atoms with Crippen LogP contribution in [0.4, 0.5) is 5.82 Å². The molecule has 1 N–H and O–H groups in total. The number of anilines is 1. The van der Waals surface area contributed by atoms with Crippen molar-refractivity contribution in [3.8, 4) is 5.69 Å². The Morgan fingerprint density at radius 1 is 1.30 bits per heavy atom. The smallest absolute Gasteiger partial charge is 0.242 e. The highest BCUT2D eigenvalue weighted by molar-refractivity contribution is 7.10. The van der Waals surface area contributed by atoms with E-state index in [9.17, 15) is 4.79 Å². The molecule has 3 aromatic heterocycles. The number of halogens is 1. The maximum atomic E-state index is 12.8. The molecule has 7 nitrogen and oxygen atoms in total. The number of benzene rings is 1. The number of thiophene rings is 1. The van der Waals surface area contributed by atoms with Gasteiger partial charge in [0.25, 0.3) is 0 Å². The standard InChI is InChI=1S/C21H19ClN6OS/c1-13-25-20(23-11-19(29)27-7-5-18-14(12-27)6-8-30-18)17-10-24-28(21(17)26-13)16-4-2-3-15(22)9-16/h2-4,6,8-10H,5,7,11-12H2,1H3,(H,23,25,26). The van der Waals surface area contributed by atoms with E-state index in [-0.39, 0.29) is 12.5 Å². The molecule has 4 aromatic rings. The fourth-order valence-corrected chi connectivity index (χ4v) is 4.76. The summed E-state index contributed by atoms with van der Waals surface area (Å²) in [6.07, 6.45) is 2.63. The number of fused-ring (bicyclic) bond motifs is 2. The van der Waals surface area contributed by atoms with Crippen LogP contribution in [0.25, 0.3) is 16.7 Å². The van der Waals surface area contributed by atoms with Gasteiger partial charge in [0.2, 0.25) is 5.91 Å². The number of nitrogens with one attached hydrogen (secondary N) is 1. The molecular weight excluding hydrogens is 420 g/mol. The number of aryl methyl sites for hydroxylation is 1. The van der Waals surface area contributed by atoms with Gasteiger partial charge in [-0.1, -0.05) is 17.7 Å². The average Bonchev–Trinajstić information content (AvgIpc) is 3.38. The van der Waals surface area contributed by atoms with E-state index in [0.717, 1.165) is 24.0 Å². The zero-order valence-electron chi connectivity index (χ0n) is 16.3. The van der Waals surface area contributed by atoms with Gasteiger partial charge in [0.15, 0.2) is 5.65 Å². The molecule has 9 heteroatoms. The molecule has 0 unspecified atom stereocenters. The first-order valence-electron chi connectivity index (χ1n) is 9.64. The summed E-state index contributed by atoms with van der Waals surface area (Å²) < 4.78 is 1.73. The molecule has 1 aromatic carbocycles. The van der Waals surface area contributed by atoms with Crippen LogP contribution in [0.1, 0.15) is 16.3 Å². The van der Waals surface area contributed by atoms with Gasteiger partial charge in [-0.2, -0.15) is 5.10 Å². The molecule has 1 amide bonds. The summed E-state index contributed by atoms with van der Waals surface area (Å²) in [6, 6.07) is 9.54. The van der Waals surface area contributed by atoms with Crippen LogP contribution in [0.2, 0.25) is 5.02 Å². The molecule has 4 heterocycles. The van der Waals surface area contributed by atoms with Gasteiger partial charge in [0, 0.05) is 23.0 Å². The van der Waals surface area contributed by atoms with Crippen molar-refractivity contribution in [1.29, 1.82) is 0 Å². The van der Waals surface area contributed by atoms with Crippen molar-refractivity contribution in [1.82, 2.24) is 24.6 Å². The van der Waals surface area contributed by atoms with Gasteiger partial charge >= 0.3 is 0 Å². The fourth-order valence-electron chi connectivity index (χ4n) is 3.68. The largest absolute Gasteiger partial charge is 0.360 e. The summed E-state index contributed by atoms with van der Waals surface area (Å²) in [7, 11) is 0. The molecule has 152 valence electrons. The maximum Gasteiger partial charge on any atom is 0.242 e. The Balaban J connectivity index is 1.38. The van der Waals surface area contributed by atoms with Crippen LogP contribution < -0.4 is 5.32 Å². The van der Waals surface area contributed by atoms with E-state index in [0.29, 0.717) is 28.9 Å². The molecule has 30 heavy (non-hydrogen) atoms. The van der Waals surface area contributed by atoms with Crippen molar-refractivity contribution < 1.29 is 4.79 Å². The van der Waals surface area contributed by atoms with E-state index in [1.165, 1.54) is 10.4 Å². The molecule has 0 atom stereocenters. The van der Waals surface area contributed by atoms with Gasteiger partial charge in [-0.25, -0.2) is 14.6 Å². The quantitative estimate of drug-likeness (QED) is 0.524. The molecule has 0 saturated carbocycles. The lowest BCUT2D eigenvalue weighted by molar-refractivity contribution is -0.130. The number of carbonyl (C=O) groups is 1. The Morgan fingerprint density at radius 3 is 3.07 bits per heavy atom. The number of aromatic nitrogens is 4.